The van der Waals surface area contributed by atoms with Crippen LogP contribution in [-0.4, -0.2) is 31.0 Å². The molecule has 3 aromatic carbocycles. The minimum Gasteiger partial charge on any atom is -0.351 e. The highest BCUT2D eigenvalue weighted by Crippen LogP contribution is 2.21. The topological polar surface area (TPSA) is 81.8 Å². The monoisotopic (exact) mass is 533 g/mol. The maximum Gasteiger partial charge on any atom is 0.308 e. The SMILES string of the molecule is O=C(CSc1nnc(Cn2c(=O)sc3ccccc32)n1CCc1ccccc1)NCc1ccc(F)cc1. The molecule has 0 saturated heterocycles. The molecular formula is C27H24FN5O2S2. The summed E-state index contributed by atoms with van der Waals surface area (Å²) in [5.74, 6) is 0.352. The Morgan fingerprint density at radius 2 is 1.68 bits per heavy atom. The van der Waals surface area contributed by atoms with Crippen LogP contribution in [-0.2, 0) is 30.8 Å². The molecule has 2 heterocycles. The van der Waals surface area contributed by atoms with Crippen molar-refractivity contribution in [2.75, 3.05) is 5.75 Å². The van der Waals surface area contributed by atoms with Crippen molar-refractivity contribution in [3.63, 3.8) is 0 Å². The molecule has 0 spiro atoms. The number of carbonyl (C=O) groups excluding carboxylic acids is 1. The Balaban J connectivity index is 1.32. The number of fused-ring (bicyclic) bond motifs is 1. The second-order valence-corrected chi connectivity index (χ2v) is 10.3. The Hall–Kier alpha value is -3.76. The minimum atomic E-state index is -0.311. The molecule has 2 aromatic heterocycles. The van der Waals surface area contributed by atoms with E-state index in [-0.39, 0.29) is 22.4 Å². The van der Waals surface area contributed by atoms with Crippen molar-refractivity contribution < 1.29 is 9.18 Å². The molecule has 0 radical (unpaired) electrons. The van der Waals surface area contributed by atoms with E-state index in [4.69, 9.17) is 0 Å². The van der Waals surface area contributed by atoms with Gasteiger partial charge in [-0.1, -0.05) is 77.7 Å². The van der Waals surface area contributed by atoms with E-state index in [1.807, 2.05) is 47.0 Å². The second kappa shape index (κ2) is 11.5. The number of rotatable bonds is 10. The number of carbonyl (C=O) groups is 1. The van der Waals surface area contributed by atoms with Gasteiger partial charge in [-0.25, -0.2) is 4.39 Å². The van der Waals surface area contributed by atoms with Gasteiger partial charge in [0.2, 0.25) is 5.91 Å². The van der Waals surface area contributed by atoms with Crippen molar-refractivity contribution in [1.29, 1.82) is 0 Å². The van der Waals surface area contributed by atoms with Gasteiger partial charge >= 0.3 is 4.87 Å². The van der Waals surface area contributed by atoms with Crippen LogP contribution in [0.4, 0.5) is 4.39 Å². The number of aromatic nitrogens is 4. The molecule has 0 aliphatic heterocycles. The molecule has 0 atom stereocenters. The maximum atomic E-state index is 13.1. The first kappa shape index (κ1) is 24.9. The van der Waals surface area contributed by atoms with Gasteiger partial charge in [0.25, 0.3) is 0 Å². The van der Waals surface area contributed by atoms with E-state index in [2.05, 4.69) is 27.6 Å². The number of thiazole rings is 1. The Labute approximate surface area is 221 Å². The summed E-state index contributed by atoms with van der Waals surface area (Å²) < 4.78 is 17.7. The third-order valence-electron chi connectivity index (χ3n) is 5.87. The van der Waals surface area contributed by atoms with Gasteiger partial charge in [-0.15, -0.1) is 10.2 Å². The van der Waals surface area contributed by atoms with Crippen molar-refractivity contribution >= 4 is 39.2 Å². The lowest BCUT2D eigenvalue weighted by Gasteiger charge is -2.11. The zero-order valence-electron chi connectivity index (χ0n) is 19.8. The zero-order chi connectivity index (χ0) is 25.6. The smallest absolute Gasteiger partial charge is 0.308 e. The van der Waals surface area contributed by atoms with Crippen molar-refractivity contribution in [3.8, 4) is 0 Å². The number of para-hydroxylation sites is 1. The number of halogens is 1. The molecule has 7 nitrogen and oxygen atoms in total. The Morgan fingerprint density at radius 3 is 2.49 bits per heavy atom. The van der Waals surface area contributed by atoms with Gasteiger partial charge in [0.15, 0.2) is 11.0 Å². The normalized spacial score (nSPS) is 11.2. The molecule has 0 aliphatic rings. The van der Waals surface area contributed by atoms with Gasteiger partial charge in [0.05, 0.1) is 22.5 Å². The largest absolute Gasteiger partial charge is 0.351 e. The second-order valence-electron chi connectivity index (χ2n) is 8.40. The highest BCUT2D eigenvalue weighted by atomic mass is 32.2. The first-order chi connectivity index (χ1) is 18.1. The summed E-state index contributed by atoms with van der Waals surface area (Å²) in [4.78, 5) is 25.2. The van der Waals surface area contributed by atoms with Gasteiger partial charge in [-0.2, -0.15) is 0 Å². The van der Waals surface area contributed by atoms with Crippen molar-refractivity contribution in [1.82, 2.24) is 24.6 Å². The number of thioether (sulfide) groups is 1. The van der Waals surface area contributed by atoms with E-state index in [1.54, 1.807) is 16.7 Å². The molecule has 0 bridgehead atoms. The third kappa shape index (κ3) is 6.15. The molecule has 188 valence electrons. The number of aryl methyl sites for hydroxylation is 1. The summed E-state index contributed by atoms with van der Waals surface area (Å²) in [7, 11) is 0. The number of amides is 1. The first-order valence-electron chi connectivity index (χ1n) is 11.7. The van der Waals surface area contributed by atoms with E-state index in [1.165, 1.54) is 40.8 Å². The molecule has 0 unspecified atom stereocenters. The highest BCUT2D eigenvalue weighted by molar-refractivity contribution is 7.99. The van der Waals surface area contributed by atoms with Crippen LogP contribution < -0.4 is 10.2 Å². The van der Waals surface area contributed by atoms with Crippen LogP contribution in [0.1, 0.15) is 17.0 Å². The number of hydrogen-bond donors (Lipinski definition) is 1. The molecule has 10 heteroatoms. The van der Waals surface area contributed by atoms with Crippen LogP contribution >= 0.6 is 23.1 Å². The van der Waals surface area contributed by atoms with Gasteiger partial charge < -0.3 is 9.88 Å². The van der Waals surface area contributed by atoms with E-state index >= 15 is 0 Å². The van der Waals surface area contributed by atoms with Crippen molar-refractivity contribution in [2.45, 2.75) is 31.2 Å². The van der Waals surface area contributed by atoms with Gasteiger partial charge in [0.1, 0.15) is 5.82 Å². The maximum absolute atomic E-state index is 13.1. The van der Waals surface area contributed by atoms with Crippen molar-refractivity contribution in [2.24, 2.45) is 0 Å². The van der Waals surface area contributed by atoms with Gasteiger partial charge in [-0.05, 0) is 41.8 Å². The fraction of sp³-hybridized carbons (Fsp3) is 0.185. The fourth-order valence-corrected chi connectivity index (χ4v) is 5.65. The summed E-state index contributed by atoms with van der Waals surface area (Å²) in [6.07, 6.45) is 0.759. The summed E-state index contributed by atoms with van der Waals surface area (Å²) in [5.41, 5.74) is 2.86. The molecule has 0 aliphatic carbocycles. The molecule has 0 saturated carbocycles. The fourth-order valence-electron chi connectivity index (χ4n) is 3.94. The standard InChI is InChI=1S/C27H24FN5O2S2/c28-21-12-10-20(11-13-21)16-29-25(34)18-36-26-31-30-24(32(26)15-14-19-6-2-1-3-7-19)17-33-22-8-4-5-9-23(22)37-27(33)35/h1-13H,14-18H2,(H,29,34). The third-order valence-corrected chi connectivity index (χ3v) is 7.80. The Morgan fingerprint density at radius 1 is 0.919 bits per heavy atom. The molecule has 5 rings (SSSR count). The van der Waals surface area contributed by atoms with Crippen LogP contribution in [0, 0.1) is 5.82 Å². The zero-order valence-corrected chi connectivity index (χ0v) is 21.5. The predicted molar refractivity (Wildman–Crippen MR) is 144 cm³/mol. The summed E-state index contributed by atoms with van der Waals surface area (Å²) in [5, 5.41) is 12.2. The van der Waals surface area contributed by atoms with Gasteiger partial charge in [-0.3, -0.25) is 14.2 Å². The summed E-state index contributed by atoms with van der Waals surface area (Å²) >= 11 is 2.51. The van der Waals surface area contributed by atoms with Crippen molar-refractivity contribution in [3.05, 3.63) is 111 Å². The van der Waals surface area contributed by atoms with Crippen LogP contribution in [0.5, 0.6) is 0 Å². The molecule has 1 amide bonds. The number of benzene rings is 3. The highest BCUT2D eigenvalue weighted by Gasteiger charge is 2.17. The average molecular weight is 534 g/mol. The lowest BCUT2D eigenvalue weighted by Crippen LogP contribution is -2.24. The lowest BCUT2D eigenvalue weighted by atomic mass is 10.1. The Bertz CT molecular complexity index is 1560. The molecule has 0 fully saturated rings. The number of nitrogens with one attached hydrogen (secondary N) is 1. The number of hydrogen-bond acceptors (Lipinski definition) is 6. The van der Waals surface area contributed by atoms with E-state index in [0.717, 1.165) is 22.2 Å². The molecular weight excluding hydrogens is 509 g/mol. The van der Waals surface area contributed by atoms with E-state index in [0.29, 0.717) is 30.6 Å². The van der Waals surface area contributed by atoms with Crippen LogP contribution in [0.3, 0.4) is 0 Å². The lowest BCUT2D eigenvalue weighted by molar-refractivity contribution is -0.118. The molecule has 37 heavy (non-hydrogen) atoms. The van der Waals surface area contributed by atoms with E-state index in [9.17, 15) is 14.0 Å². The predicted octanol–water partition coefficient (Wildman–Crippen LogP) is 4.49. The van der Waals surface area contributed by atoms with Crippen LogP contribution in [0.2, 0.25) is 0 Å². The molecule has 5 aromatic rings. The van der Waals surface area contributed by atoms with E-state index < -0.39 is 0 Å². The number of nitrogens with zero attached hydrogens (tertiary/aromatic N) is 4. The Kier molecular flexibility index (Phi) is 7.76. The van der Waals surface area contributed by atoms with Crippen LogP contribution in [0.15, 0.2) is 88.8 Å². The minimum absolute atomic E-state index is 0.0480. The van der Waals surface area contributed by atoms with Gasteiger partial charge in [0, 0.05) is 13.1 Å². The summed E-state index contributed by atoms with van der Waals surface area (Å²) in [6.45, 7) is 1.23. The average Bonchev–Trinajstić information content (AvgIpc) is 3.46. The summed E-state index contributed by atoms with van der Waals surface area (Å²) in [6, 6.07) is 23.8. The van der Waals surface area contributed by atoms with Crippen LogP contribution in [0.25, 0.3) is 10.2 Å². The molecule has 1 N–H and O–H groups in total. The quantitative estimate of drug-likeness (QED) is 0.268. The first-order valence-corrected chi connectivity index (χ1v) is 13.6.